The zero-order valence-corrected chi connectivity index (χ0v) is 22.6. The zero-order valence-electron chi connectivity index (χ0n) is 22.6. The minimum absolute atomic E-state index is 0.0782. The summed E-state index contributed by atoms with van der Waals surface area (Å²) in [6.45, 7) is 4.78. The summed E-state index contributed by atoms with van der Waals surface area (Å²) in [6, 6.07) is 12.9. The number of nitriles is 1. The molecule has 0 spiro atoms. The number of fused-ring (bicyclic) bond motifs is 1. The van der Waals surface area contributed by atoms with Gasteiger partial charge in [-0.1, -0.05) is 31.8 Å². The number of aryl methyl sites for hydroxylation is 1. The average molecular weight is 491 g/mol. The lowest BCUT2D eigenvalue weighted by atomic mass is 9.70. The minimum atomic E-state index is -0.732. The van der Waals surface area contributed by atoms with Crippen molar-refractivity contribution in [2.24, 2.45) is 5.92 Å². The lowest BCUT2D eigenvalue weighted by Crippen LogP contribution is -2.36. The molecule has 0 bridgehead atoms. The lowest BCUT2D eigenvalue weighted by Gasteiger charge is -2.32. The smallest absolute Gasteiger partial charge is 0.161 e. The highest BCUT2D eigenvalue weighted by Crippen LogP contribution is 2.39. The second-order valence-electron chi connectivity index (χ2n) is 9.63. The molecule has 0 saturated heterocycles. The van der Waals surface area contributed by atoms with E-state index in [2.05, 4.69) is 55.8 Å². The Balaban J connectivity index is 1.72. The predicted octanol–water partition coefficient (Wildman–Crippen LogP) is 5.02. The van der Waals surface area contributed by atoms with Crippen LogP contribution in [0.15, 0.2) is 30.3 Å². The van der Waals surface area contributed by atoms with Crippen molar-refractivity contribution in [1.29, 1.82) is 5.26 Å². The number of rotatable bonds is 9. The van der Waals surface area contributed by atoms with Crippen molar-refractivity contribution in [1.82, 2.24) is 4.90 Å². The molecule has 0 aromatic heterocycles. The standard InChI is InChI=1S/C30H38N2O4/c1-21(2)30(20-31,24-11-13-26(33-4)29(19-24)36-7)14-8-9-15-32(3)25-12-10-22-17-27(34-5)28(35-6)18-23(22)16-25/h11,13,17-19,21,25H,10,12,14-16H2,1-7H3. The van der Waals surface area contributed by atoms with Crippen LogP contribution in [0.3, 0.4) is 0 Å². The SMILES string of the molecule is COc1ccc(C(C#N)(CC#CCN(C)C2CCc3cc(OC)c(OC)cc3C2)C(C)C)cc1OC. The zero-order chi connectivity index (χ0) is 26.3. The quantitative estimate of drug-likeness (QED) is 0.460. The second kappa shape index (κ2) is 12.1. The van der Waals surface area contributed by atoms with Crippen molar-refractivity contribution in [3.63, 3.8) is 0 Å². The fourth-order valence-electron chi connectivity index (χ4n) is 4.94. The molecule has 0 radical (unpaired) electrons. The summed E-state index contributed by atoms with van der Waals surface area (Å²) in [4.78, 5) is 2.31. The Labute approximate surface area is 216 Å². The van der Waals surface area contributed by atoms with Crippen LogP contribution < -0.4 is 18.9 Å². The molecule has 1 aliphatic rings. The second-order valence-corrected chi connectivity index (χ2v) is 9.63. The number of ether oxygens (including phenoxy) is 4. The molecule has 6 heteroatoms. The largest absolute Gasteiger partial charge is 0.493 e. The van der Waals surface area contributed by atoms with E-state index < -0.39 is 5.41 Å². The Hall–Kier alpha value is -3.35. The van der Waals surface area contributed by atoms with Gasteiger partial charge < -0.3 is 18.9 Å². The number of hydrogen-bond donors (Lipinski definition) is 0. The summed E-state index contributed by atoms with van der Waals surface area (Å²) in [6.07, 6.45) is 3.48. The first-order valence-electron chi connectivity index (χ1n) is 12.4. The Kier molecular flexibility index (Phi) is 9.13. The molecular weight excluding hydrogens is 452 g/mol. The van der Waals surface area contributed by atoms with E-state index >= 15 is 0 Å². The summed E-state index contributed by atoms with van der Waals surface area (Å²) >= 11 is 0. The molecule has 2 atom stereocenters. The average Bonchev–Trinajstić information content (AvgIpc) is 2.91. The number of nitrogens with zero attached hydrogens (tertiary/aromatic N) is 2. The van der Waals surface area contributed by atoms with E-state index in [1.54, 1.807) is 28.4 Å². The van der Waals surface area contributed by atoms with Gasteiger partial charge in [-0.25, -0.2) is 0 Å². The van der Waals surface area contributed by atoms with Crippen LogP contribution >= 0.6 is 0 Å². The van der Waals surface area contributed by atoms with Crippen molar-refractivity contribution in [2.75, 3.05) is 42.0 Å². The molecule has 2 aromatic rings. The summed E-state index contributed by atoms with van der Waals surface area (Å²) in [5, 5.41) is 10.3. The van der Waals surface area contributed by atoms with Crippen molar-refractivity contribution in [3.8, 4) is 40.9 Å². The van der Waals surface area contributed by atoms with E-state index in [1.165, 1.54) is 11.1 Å². The lowest BCUT2D eigenvalue weighted by molar-refractivity contribution is 0.246. The summed E-state index contributed by atoms with van der Waals surface area (Å²) < 4.78 is 21.8. The summed E-state index contributed by atoms with van der Waals surface area (Å²) in [5.74, 6) is 9.57. The molecule has 0 amide bonds. The van der Waals surface area contributed by atoms with Crippen LogP contribution in [-0.4, -0.2) is 53.0 Å². The van der Waals surface area contributed by atoms with Gasteiger partial charge in [-0.15, -0.1) is 0 Å². The molecule has 0 N–H and O–H groups in total. The molecule has 2 unspecified atom stereocenters. The van der Waals surface area contributed by atoms with Crippen LogP contribution in [0, 0.1) is 29.1 Å². The maximum Gasteiger partial charge on any atom is 0.161 e. The summed E-state index contributed by atoms with van der Waals surface area (Å²) in [5.41, 5.74) is 2.80. The van der Waals surface area contributed by atoms with E-state index in [0.717, 1.165) is 36.3 Å². The maximum absolute atomic E-state index is 10.3. The number of likely N-dealkylation sites (N-methyl/N-ethyl adjacent to an activating group) is 1. The first-order chi connectivity index (χ1) is 17.3. The van der Waals surface area contributed by atoms with Gasteiger partial charge in [0.15, 0.2) is 23.0 Å². The Bertz CT molecular complexity index is 1160. The minimum Gasteiger partial charge on any atom is -0.493 e. The van der Waals surface area contributed by atoms with Crippen LogP contribution in [0.4, 0.5) is 0 Å². The molecule has 3 rings (SSSR count). The van der Waals surface area contributed by atoms with Gasteiger partial charge in [0.05, 0.1) is 46.5 Å². The van der Waals surface area contributed by atoms with Gasteiger partial charge in [0.25, 0.3) is 0 Å². The van der Waals surface area contributed by atoms with Crippen LogP contribution in [0.25, 0.3) is 0 Å². The molecule has 0 aliphatic heterocycles. The Morgan fingerprint density at radius 2 is 1.53 bits per heavy atom. The third kappa shape index (κ3) is 5.55. The highest BCUT2D eigenvalue weighted by atomic mass is 16.5. The maximum atomic E-state index is 10.3. The van der Waals surface area contributed by atoms with Crippen LogP contribution in [0.2, 0.25) is 0 Å². The highest BCUT2D eigenvalue weighted by molar-refractivity contribution is 5.49. The first kappa shape index (κ1) is 27.2. The number of methoxy groups -OCH3 is 4. The third-order valence-electron chi connectivity index (χ3n) is 7.44. The van der Waals surface area contributed by atoms with Gasteiger partial charge in [0, 0.05) is 12.5 Å². The van der Waals surface area contributed by atoms with Gasteiger partial charge in [0.1, 0.15) is 0 Å². The van der Waals surface area contributed by atoms with Gasteiger partial charge in [-0.05, 0) is 73.2 Å². The molecule has 192 valence electrons. The van der Waals surface area contributed by atoms with Gasteiger partial charge in [-0.3, -0.25) is 4.90 Å². The normalized spacial score (nSPS) is 16.3. The molecule has 36 heavy (non-hydrogen) atoms. The van der Waals surface area contributed by atoms with E-state index in [0.29, 0.717) is 30.5 Å². The highest BCUT2D eigenvalue weighted by Gasteiger charge is 2.36. The fourth-order valence-corrected chi connectivity index (χ4v) is 4.94. The fraction of sp³-hybridized carbons (Fsp3) is 0.500. The van der Waals surface area contributed by atoms with Crippen molar-refractivity contribution >= 4 is 0 Å². The van der Waals surface area contributed by atoms with Crippen LogP contribution in [0.5, 0.6) is 23.0 Å². The molecule has 0 saturated carbocycles. The van der Waals surface area contributed by atoms with Crippen LogP contribution in [0.1, 0.15) is 43.4 Å². The third-order valence-corrected chi connectivity index (χ3v) is 7.44. The van der Waals surface area contributed by atoms with E-state index in [1.807, 2.05) is 18.2 Å². The molecule has 2 aromatic carbocycles. The molecular formula is C30H38N2O4. The Morgan fingerprint density at radius 3 is 2.11 bits per heavy atom. The number of benzene rings is 2. The molecule has 0 fully saturated rings. The summed E-state index contributed by atoms with van der Waals surface area (Å²) in [7, 11) is 8.69. The number of hydrogen-bond acceptors (Lipinski definition) is 6. The first-order valence-corrected chi connectivity index (χ1v) is 12.4. The predicted molar refractivity (Wildman–Crippen MR) is 142 cm³/mol. The topological polar surface area (TPSA) is 64.0 Å². The molecule has 6 nitrogen and oxygen atoms in total. The van der Waals surface area contributed by atoms with Crippen molar-refractivity contribution < 1.29 is 18.9 Å². The van der Waals surface area contributed by atoms with Gasteiger partial charge in [-0.2, -0.15) is 5.26 Å². The Morgan fingerprint density at radius 1 is 0.917 bits per heavy atom. The van der Waals surface area contributed by atoms with E-state index in [-0.39, 0.29) is 5.92 Å². The van der Waals surface area contributed by atoms with Crippen molar-refractivity contribution in [3.05, 3.63) is 47.0 Å². The van der Waals surface area contributed by atoms with Crippen molar-refractivity contribution in [2.45, 2.75) is 51.0 Å². The van der Waals surface area contributed by atoms with E-state index in [9.17, 15) is 5.26 Å². The molecule has 1 aliphatic carbocycles. The van der Waals surface area contributed by atoms with E-state index in [4.69, 9.17) is 18.9 Å². The molecule has 0 heterocycles. The van der Waals surface area contributed by atoms with Crippen LogP contribution in [-0.2, 0) is 18.3 Å². The van der Waals surface area contributed by atoms with Gasteiger partial charge >= 0.3 is 0 Å². The van der Waals surface area contributed by atoms with Gasteiger partial charge in [0.2, 0.25) is 0 Å². The monoisotopic (exact) mass is 490 g/mol.